The fraction of sp³-hybridized carbons (Fsp3) is 0.429. The average Bonchev–Trinajstić information content (AvgIpc) is 2.71. The van der Waals surface area contributed by atoms with Crippen molar-refractivity contribution in [3.63, 3.8) is 0 Å². The van der Waals surface area contributed by atoms with Gasteiger partial charge in [-0.2, -0.15) is 0 Å². The van der Waals surface area contributed by atoms with Crippen molar-refractivity contribution in [2.45, 2.75) is 26.3 Å². The Balaban J connectivity index is 2.00. The summed E-state index contributed by atoms with van der Waals surface area (Å²) in [6.07, 6.45) is 0.304. The van der Waals surface area contributed by atoms with Crippen LogP contribution in [0.4, 0.5) is 5.69 Å². The number of benzene rings is 1. The number of hydrogen-bond acceptors (Lipinski definition) is 2. The molecule has 5 heteroatoms. The summed E-state index contributed by atoms with van der Waals surface area (Å²) < 4.78 is 0.914. The smallest absolute Gasteiger partial charge is 0.229 e. The van der Waals surface area contributed by atoms with E-state index in [1.165, 1.54) is 0 Å². The summed E-state index contributed by atoms with van der Waals surface area (Å²) >= 11 is 3.36. The van der Waals surface area contributed by atoms with E-state index in [0.29, 0.717) is 13.0 Å². The third-order valence-corrected chi connectivity index (χ3v) is 3.74. The molecule has 2 amide bonds. The van der Waals surface area contributed by atoms with Gasteiger partial charge in [-0.25, -0.2) is 0 Å². The van der Waals surface area contributed by atoms with E-state index in [-0.39, 0.29) is 23.8 Å². The molecule has 4 nitrogen and oxygen atoms in total. The standard InChI is InChI=1S/C14H17BrN2O2/c1-9(2)17-8-10(6-13(17)18)14(19)16-12-5-3-4-11(15)7-12/h3-5,7,9-10H,6,8H2,1-2H3,(H,16,19)/t10-/m1/s1. The number of anilines is 1. The number of rotatable bonds is 3. The topological polar surface area (TPSA) is 49.4 Å². The molecule has 1 aromatic rings. The molecular weight excluding hydrogens is 308 g/mol. The maximum Gasteiger partial charge on any atom is 0.229 e. The molecule has 1 aliphatic heterocycles. The van der Waals surface area contributed by atoms with E-state index in [9.17, 15) is 9.59 Å². The fourth-order valence-electron chi connectivity index (χ4n) is 2.22. The molecule has 0 radical (unpaired) electrons. The largest absolute Gasteiger partial charge is 0.339 e. The molecule has 1 fully saturated rings. The molecule has 0 spiro atoms. The van der Waals surface area contributed by atoms with Gasteiger partial charge >= 0.3 is 0 Å². The predicted octanol–water partition coefficient (Wildman–Crippen LogP) is 2.64. The molecule has 0 saturated carbocycles. The van der Waals surface area contributed by atoms with Gasteiger partial charge in [-0.05, 0) is 32.0 Å². The molecule has 0 unspecified atom stereocenters. The number of likely N-dealkylation sites (tertiary alicyclic amines) is 1. The first-order valence-electron chi connectivity index (χ1n) is 6.33. The van der Waals surface area contributed by atoms with E-state index in [4.69, 9.17) is 0 Å². The average molecular weight is 325 g/mol. The maximum absolute atomic E-state index is 12.1. The van der Waals surface area contributed by atoms with Crippen LogP contribution in [0.1, 0.15) is 20.3 Å². The van der Waals surface area contributed by atoms with Gasteiger partial charge in [0.15, 0.2) is 0 Å². The Kier molecular flexibility index (Phi) is 4.24. The highest BCUT2D eigenvalue weighted by molar-refractivity contribution is 9.10. The van der Waals surface area contributed by atoms with Crippen LogP contribution >= 0.6 is 15.9 Å². The molecule has 2 rings (SSSR count). The molecule has 1 N–H and O–H groups in total. The first-order valence-corrected chi connectivity index (χ1v) is 7.12. The summed E-state index contributed by atoms with van der Waals surface area (Å²) in [5.74, 6) is -0.284. The summed E-state index contributed by atoms with van der Waals surface area (Å²) in [7, 11) is 0. The van der Waals surface area contributed by atoms with Crippen molar-refractivity contribution in [3.8, 4) is 0 Å². The van der Waals surface area contributed by atoms with E-state index >= 15 is 0 Å². The maximum atomic E-state index is 12.1. The van der Waals surface area contributed by atoms with Crippen LogP contribution in [0.3, 0.4) is 0 Å². The van der Waals surface area contributed by atoms with Gasteiger partial charge in [0.25, 0.3) is 0 Å². The van der Waals surface area contributed by atoms with Crippen LogP contribution in [0, 0.1) is 5.92 Å². The molecule has 1 atom stereocenters. The summed E-state index contributed by atoms with van der Waals surface area (Å²) in [5.41, 5.74) is 0.745. The highest BCUT2D eigenvalue weighted by Crippen LogP contribution is 2.22. The van der Waals surface area contributed by atoms with Crippen LogP contribution < -0.4 is 5.32 Å². The molecule has 1 saturated heterocycles. The number of nitrogens with zero attached hydrogens (tertiary/aromatic N) is 1. The monoisotopic (exact) mass is 324 g/mol. The minimum Gasteiger partial charge on any atom is -0.339 e. The third-order valence-electron chi connectivity index (χ3n) is 3.24. The highest BCUT2D eigenvalue weighted by atomic mass is 79.9. The van der Waals surface area contributed by atoms with Crippen LogP contribution in [-0.2, 0) is 9.59 Å². The summed E-state index contributed by atoms with van der Waals surface area (Å²) in [5, 5.41) is 2.86. The van der Waals surface area contributed by atoms with Crippen LogP contribution in [0.15, 0.2) is 28.7 Å². The van der Waals surface area contributed by atoms with Gasteiger partial charge in [0, 0.05) is 29.2 Å². The molecule has 0 bridgehead atoms. The lowest BCUT2D eigenvalue weighted by molar-refractivity contribution is -0.129. The van der Waals surface area contributed by atoms with E-state index in [1.807, 2.05) is 38.1 Å². The van der Waals surface area contributed by atoms with E-state index < -0.39 is 0 Å². The number of halogens is 1. The lowest BCUT2D eigenvalue weighted by Crippen LogP contribution is -2.33. The van der Waals surface area contributed by atoms with Crippen molar-refractivity contribution in [1.82, 2.24) is 4.90 Å². The minimum absolute atomic E-state index is 0.0596. The quantitative estimate of drug-likeness (QED) is 0.929. The Morgan fingerprint density at radius 2 is 2.21 bits per heavy atom. The molecule has 1 aromatic carbocycles. The number of nitrogens with one attached hydrogen (secondary N) is 1. The molecule has 0 aromatic heterocycles. The van der Waals surface area contributed by atoms with Crippen molar-refractivity contribution in [3.05, 3.63) is 28.7 Å². The van der Waals surface area contributed by atoms with Gasteiger partial charge < -0.3 is 10.2 Å². The Morgan fingerprint density at radius 1 is 1.47 bits per heavy atom. The summed E-state index contributed by atoms with van der Waals surface area (Å²) in [6, 6.07) is 7.58. The molecule has 19 heavy (non-hydrogen) atoms. The molecule has 1 heterocycles. The highest BCUT2D eigenvalue weighted by Gasteiger charge is 2.35. The molecular formula is C14H17BrN2O2. The van der Waals surface area contributed by atoms with Gasteiger partial charge in [-0.15, -0.1) is 0 Å². The Bertz CT molecular complexity index is 502. The first-order chi connectivity index (χ1) is 8.97. The lowest BCUT2D eigenvalue weighted by Gasteiger charge is -2.20. The summed E-state index contributed by atoms with van der Waals surface area (Å²) in [6.45, 7) is 4.44. The van der Waals surface area contributed by atoms with Crippen LogP contribution in [-0.4, -0.2) is 29.3 Å². The summed E-state index contributed by atoms with van der Waals surface area (Å²) in [4.78, 5) is 25.7. The fourth-order valence-corrected chi connectivity index (χ4v) is 2.62. The molecule has 0 aliphatic carbocycles. The van der Waals surface area contributed by atoms with Crippen LogP contribution in [0.25, 0.3) is 0 Å². The van der Waals surface area contributed by atoms with Gasteiger partial charge in [0.2, 0.25) is 11.8 Å². The van der Waals surface area contributed by atoms with E-state index in [2.05, 4.69) is 21.2 Å². The van der Waals surface area contributed by atoms with Gasteiger partial charge in [0.05, 0.1) is 5.92 Å². The van der Waals surface area contributed by atoms with Crippen molar-refractivity contribution < 1.29 is 9.59 Å². The van der Waals surface area contributed by atoms with Crippen molar-refractivity contribution in [2.24, 2.45) is 5.92 Å². The van der Waals surface area contributed by atoms with Gasteiger partial charge in [0.1, 0.15) is 0 Å². The van der Waals surface area contributed by atoms with Crippen LogP contribution in [0.5, 0.6) is 0 Å². The number of amides is 2. The van der Waals surface area contributed by atoms with E-state index in [0.717, 1.165) is 10.2 Å². The lowest BCUT2D eigenvalue weighted by atomic mass is 10.1. The third kappa shape index (κ3) is 3.35. The van der Waals surface area contributed by atoms with Crippen LogP contribution in [0.2, 0.25) is 0 Å². The van der Waals surface area contributed by atoms with Gasteiger partial charge in [-0.1, -0.05) is 22.0 Å². The Hall–Kier alpha value is -1.36. The SMILES string of the molecule is CC(C)N1C[C@H](C(=O)Nc2cccc(Br)c2)CC1=O. The molecule has 102 valence electrons. The number of carbonyl (C=O) groups excluding carboxylic acids is 2. The normalized spacial score (nSPS) is 19.1. The molecule has 1 aliphatic rings. The Morgan fingerprint density at radius 3 is 2.79 bits per heavy atom. The first kappa shape index (κ1) is 14.1. The number of carbonyl (C=O) groups is 2. The predicted molar refractivity (Wildman–Crippen MR) is 77.7 cm³/mol. The second-order valence-corrected chi connectivity index (χ2v) is 5.96. The zero-order valence-corrected chi connectivity index (χ0v) is 12.6. The number of hydrogen-bond donors (Lipinski definition) is 1. The minimum atomic E-state index is -0.256. The van der Waals surface area contributed by atoms with Gasteiger partial charge in [-0.3, -0.25) is 9.59 Å². The van der Waals surface area contributed by atoms with Crippen molar-refractivity contribution in [1.29, 1.82) is 0 Å². The van der Waals surface area contributed by atoms with Crippen molar-refractivity contribution in [2.75, 3.05) is 11.9 Å². The van der Waals surface area contributed by atoms with Crippen molar-refractivity contribution >= 4 is 33.4 Å². The zero-order valence-electron chi connectivity index (χ0n) is 11.0. The zero-order chi connectivity index (χ0) is 14.0. The van der Waals surface area contributed by atoms with E-state index in [1.54, 1.807) is 4.90 Å². The second-order valence-electron chi connectivity index (χ2n) is 5.04. The Labute approximate surface area is 121 Å². The second kappa shape index (κ2) is 5.74.